The zero-order valence-corrected chi connectivity index (χ0v) is 15.0. The third-order valence-corrected chi connectivity index (χ3v) is 5.51. The Morgan fingerprint density at radius 3 is 2.79 bits per heavy atom. The fourth-order valence-electron chi connectivity index (χ4n) is 3.49. The molecule has 0 aliphatic carbocycles. The second kappa shape index (κ2) is 5.49. The highest BCUT2D eigenvalue weighted by Crippen LogP contribution is 2.38. The van der Waals surface area contributed by atoms with E-state index in [-0.39, 0.29) is 11.4 Å². The van der Waals surface area contributed by atoms with Crippen LogP contribution in [0.3, 0.4) is 0 Å². The topological polar surface area (TPSA) is 94.1 Å². The van der Waals surface area contributed by atoms with Gasteiger partial charge in [-0.25, -0.2) is 7.58 Å². The van der Waals surface area contributed by atoms with E-state index in [1.807, 2.05) is 30.1 Å². The number of aromatic nitrogens is 3. The summed E-state index contributed by atoms with van der Waals surface area (Å²) in [7, 11) is 1.90. The molecule has 4 rings (SSSR count). The van der Waals surface area contributed by atoms with Crippen LogP contribution in [-0.2, 0) is 6.42 Å². The van der Waals surface area contributed by atoms with E-state index in [1.54, 1.807) is 22.9 Å². The van der Waals surface area contributed by atoms with Crippen molar-refractivity contribution in [2.75, 3.05) is 13.6 Å². The average Bonchev–Trinajstić information content (AvgIpc) is 2.93. The van der Waals surface area contributed by atoms with E-state index >= 15 is 0 Å². The lowest BCUT2D eigenvalue weighted by Crippen LogP contribution is -2.38. The summed E-state index contributed by atoms with van der Waals surface area (Å²) in [6.45, 7) is 0.749. The Morgan fingerprint density at radius 2 is 2.00 bits per heavy atom. The molecule has 3 heterocycles. The minimum Gasteiger partial charge on any atom is -0.493 e. The number of para-hydroxylation sites is 1. The van der Waals surface area contributed by atoms with Crippen LogP contribution in [0, 0.1) is 0 Å². The zero-order valence-electron chi connectivity index (χ0n) is 12.8. The lowest BCUT2D eigenvalue weighted by molar-refractivity contribution is 0.253. The Bertz CT molecular complexity index is 1070. The number of hydrogen-bond donors (Lipinski definition) is 3. The monoisotopic (exact) mass is 438 g/mol. The van der Waals surface area contributed by atoms with Gasteiger partial charge < -0.3 is 10.1 Å². The summed E-state index contributed by atoms with van der Waals surface area (Å²) in [5.74, 6) is -0.312. The van der Waals surface area contributed by atoms with Crippen molar-refractivity contribution in [1.29, 1.82) is 0 Å². The van der Waals surface area contributed by atoms with Crippen LogP contribution >= 0.6 is 22.9 Å². The van der Waals surface area contributed by atoms with Crippen LogP contribution < -0.4 is 11.2 Å². The van der Waals surface area contributed by atoms with E-state index < -0.39 is 17.3 Å². The second-order valence-corrected chi connectivity index (χ2v) is 6.94. The molecule has 7 nitrogen and oxygen atoms in total. The molecule has 2 aromatic heterocycles. The predicted octanol–water partition coefficient (Wildman–Crippen LogP) is 1.50. The number of H-pyrrole nitrogens is 2. The maximum atomic E-state index is 12.4. The van der Waals surface area contributed by atoms with Crippen LogP contribution in [0.4, 0.5) is 0 Å². The van der Waals surface area contributed by atoms with E-state index in [0.29, 0.717) is 0 Å². The van der Waals surface area contributed by atoms with Crippen molar-refractivity contribution in [3.05, 3.63) is 61.9 Å². The number of aromatic amines is 2. The van der Waals surface area contributed by atoms with Gasteiger partial charge in [-0.15, -0.1) is 0 Å². The molecule has 1 aliphatic heterocycles. The van der Waals surface area contributed by atoms with Gasteiger partial charge in [-0.3, -0.25) is 14.7 Å². The normalized spacial score (nSPS) is 18.0. The largest absolute Gasteiger partial charge is 0.493 e. The van der Waals surface area contributed by atoms with Crippen molar-refractivity contribution < 1.29 is 5.11 Å². The Balaban J connectivity index is 2.03. The van der Waals surface area contributed by atoms with Crippen molar-refractivity contribution in [3.63, 3.8) is 0 Å². The maximum Gasteiger partial charge on any atom is 0.340 e. The quantitative estimate of drug-likeness (QED) is 0.502. The molecule has 0 amide bonds. The number of nitrogens with one attached hydrogen (secondary N) is 2. The van der Waals surface area contributed by atoms with Crippen molar-refractivity contribution in [2.45, 2.75) is 12.5 Å². The summed E-state index contributed by atoms with van der Waals surface area (Å²) in [4.78, 5) is 31.8. The Kier molecular flexibility index (Phi) is 3.53. The average molecular weight is 438 g/mol. The molecule has 124 valence electrons. The molecule has 0 fully saturated rings. The van der Waals surface area contributed by atoms with Gasteiger partial charge in [0.25, 0.3) is 5.56 Å². The number of rotatable bonds is 1. The molecule has 0 saturated carbocycles. The Hall–Kier alpha value is -2.07. The van der Waals surface area contributed by atoms with Crippen LogP contribution in [0.15, 0.2) is 33.9 Å². The highest BCUT2D eigenvalue weighted by molar-refractivity contribution is 14.1. The van der Waals surface area contributed by atoms with Gasteiger partial charge in [0, 0.05) is 23.1 Å². The summed E-state index contributed by atoms with van der Waals surface area (Å²) in [6.07, 6.45) is 0.856. The highest BCUT2D eigenvalue weighted by Gasteiger charge is 2.34. The van der Waals surface area contributed by atoms with Gasteiger partial charge in [0.2, 0.25) is 5.88 Å². The minimum absolute atomic E-state index is 0.180. The third kappa shape index (κ3) is 2.13. The number of aromatic hydroxyl groups is 1. The summed E-state index contributed by atoms with van der Waals surface area (Å²) in [6, 6.07) is 7.55. The Labute approximate surface area is 150 Å². The number of benzene rings is 1. The fourth-order valence-corrected chi connectivity index (χ4v) is 3.87. The number of hydrogen-bond acceptors (Lipinski definition) is 4. The van der Waals surface area contributed by atoms with Gasteiger partial charge in [0.15, 0.2) is 0 Å². The van der Waals surface area contributed by atoms with E-state index in [0.717, 1.165) is 37.9 Å². The number of nitrogens with zero attached hydrogens (tertiary/aromatic N) is 2. The molecule has 1 aromatic carbocycles. The maximum absolute atomic E-state index is 12.4. The smallest absolute Gasteiger partial charge is 0.340 e. The summed E-state index contributed by atoms with van der Waals surface area (Å²) in [5.41, 5.74) is 2.02. The zero-order chi connectivity index (χ0) is 17.0. The third-order valence-electron chi connectivity index (χ3n) is 4.62. The van der Waals surface area contributed by atoms with Crippen molar-refractivity contribution in [3.8, 4) is 5.88 Å². The van der Waals surface area contributed by atoms with E-state index in [1.165, 1.54) is 0 Å². The summed E-state index contributed by atoms with van der Waals surface area (Å²) in [5, 5.41) is 11.6. The standard InChI is InChI=1S/C16H15IN4O3/c1-20-7-6-9-8-4-2-3-5-10(8)18-12(9)13(20)11-14(22)19-16(24)21(17)15(11)23/h2-5,13,18,23H,6-7H2,1H3,(H,19,22,24)/t13-/m0/s1. The van der Waals surface area contributed by atoms with Gasteiger partial charge in [-0.1, -0.05) is 18.2 Å². The van der Waals surface area contributed by atoms with Crippen LogP contribution in [0.1, 0.15) is 22.9 Å². The number of halogens is 1. The van der Waals surface area contributed by atoms with Crippen molar-refractivity contribution >= 4 is 33.8 Å². The lowest BCUT2D eigenvalue weighted by Gasteiger charge is -2.32. The molecule has 0 spiro atoms. The molecule has 0 radical (unpaired) electrons. The first kappa shape index (κ1) is 15.5. The van der Waals surface area contributed by atoms with Crippen LogP contribution in [0.2, 0.25) is 0 Å². The van der Waals surface area contributed by atoms with E-state index in [4.69, 9.17) is 0 Å². The van der Waals surface area contributed by atoms with Gasteiger partial charge in [0.1, 0.15) is 5.56 Å². The molecular formula is C16H15IN4O3. The fraction of sp³-hybridized carbons (Fsp3) is 0.250. The van der Waals surface area contributed by atoms with Crippen molar-refractivity contribution in [2.24, 2.45) is 0 Å². The summed E-state index contributed by atoms with van der Waals surface area (Å²) >= 11 is 1.68. The highest BCUT2D eigenvalue weighted by atomic mass is 127. The molecule has 24 heavy (non-hydrogen) atoms. The van der Waals surface area contributed by atoms with E-state index in [2.05, 4.69) is 16.0 Å². The van der Waals surface area contributed by atoms with Gasteiger partial charge in [0.05, 0.1) is 28.9 Å². The van der Waals surface area contributed by atoms with Gasteiger partial charge in [-0.2, -0.15) is 0 Å². The lowest BCUT2D eigenvalue weighted by atomic mass is 9.94. The first-order chi connectivity index (χ1) is 11.5. The molecule has 3 aromatic rings. The molecular weight excluding hydrogens is 423 g/mol. The summed E-state index contributed by atoms with van der Waals surface area (Å²) < 4.78 is 1.03. The molecule has 1 aliphatic rings. The number of likely N-dealkylation sites (N-methyl/N-ethyl adjacent to an activating group) is 1. The van der Waals surface area contributed by atoms with Crippen LogP contribution in [0.25, 0.3) is 10.9 Å². The second-order valence-electron chi connectivity index (χ2n) is 5.97. The van der Waals surface area contributed by atoms with Crippen molar-refractivity contribution in [1.82, 2.24) is 17.6 Å². The molecule has 0 bridgehead atoms. The Morgan fingerprint density at radius 1 is 1.25 bits per heavy atom. The molecule has 8 heteroatoms. The van der Waals surface area contributed by atoms with Crippen LogP contribution in [0.5, 0.6) is 5.88 Å². The first-order valence-electron chi connectivity index (χ1n) is 7.53. The molecule has 3 N–H and O–H groups in total. The first-order valence-corrected chi connectivity index (χ1v) is 8.49. The SMILES string of the molecule is CN1CCc2c([nH]c3ccccc23)[C@@H]1c1c(O)n(I)c(=O)[nH]c1=O. The predicted molar refractivity (Wildman–Crippen MR) is 98.9 cm³/mol. The number of fused-ring (bicyclic) bond motifs is 3. The molecule has 0 saturated heterocycles. The van der Waals surface area contributed by atoms with Gasteiger partial charge >= 0.3 is 5.69 Å². The van der Waals surface area contributed by atoms with Crippen LogP contribution in [-0.4, -0.2) is 36.3 Å². The molecule has 0 unspecified atom stereocenters. The van der Waals surface area contributed by atoms with E-state index in [9.17, 15) is 14.7 Å². The minimum atomic E-state index is -0.641. The van der Waals surface area contributed by atoms with Gasteiger partial charge in [-0.05, 0) is 25.1 Å². The molecule has 1 atom stereocenters.